The first-order valence-corrected chi connectivity index (χ1v) is 6.72. The van der Waals surface area contributed by atoms with Gasteiger partial charge >= 0.3 is 12.1 Å². The van der Waals surface area contributed by atoms with Crippen molar-refractivity contribution in [2.45, 2.75) is 38.8 Å². The molecule has 0 saturated heterocycles. The van der Waals surface area contributed by atoms with Crippen LogP contribution < -0.4 is 5.32 Å². The lowest BCUT2D eigenvalue weighted by Gasteiger charge is -2.25. The Balaban J connectivity index is 2.96. The first-order chi connectivity index (χ1) is 9.68. The minimum absolute atomic E-state index is 0.220. The second-order valence-corrected chi connectivity index (χ2v) is 5.47. The van der Waals surface area contributed by atoms with Gasteiger partial charge in [0.2, 0.25) is 0 Å². The van der Waals surface area contributed by atoms with Crippen molar-refractivity contribution in [3.8, 4) is 0 Å². The number of hydrogen-bond acceptors (Lipinski definition) is 3. The van der Waals surface area contributed by atoms with Gasteiger partial charge in [0.1, 0.15) is 11.4 Å². The molecule has 0 heterocycles. The quantitative estimate of drug-likeness (QED) is 0.871. The summed E-state index contributed by atoms with van der Waals surface area (Å²) in [6.45, 7) is 5.18. The Bertz CT molecular complexity index is 548. The molecule has 0 aliphatic carbocycles. The molecular formula is C14H17ClFNO4. The fraction of sp³-hybridized carbons (Fsp3) is 0.429. The summed E-state index contributed by atoms with van der Waals surface area (Å²) in [6.07, 6.45) is -0.391. The van der Waals surface area contributed by atoms with Gasteiger partial charge in [-0.3, -0.25) is 0 Å². The molecule has 1 unspecified atom stereocenters. The van der Waals surface area contributed by atoms with E-state index in [2.05, 4.69) is 5.32 Å². The molecule has 7 heteroatoms. The second kappa shape index (κ2) is 6.76. The second-order valence-electron chi connectivity index (χ2n) is 5.06. The van der Waals surface area contributed by atoms with Crippen LogP contribution in [0.25, 0.3) is 0 Å². The van der Waals surface area contributed by atoms with Gasteiger partial charge in [-0.25, -0.2) is 14.0 Å². The average molecular weight is 318 g/mol. The monoisotopic (exact) mass is 317 g/mol. The predicted octanol–water partition coefficient (Wildman–Crippen LogP) is 3.52. The van der Waals surface area contributed by atoms with Gasteiger partial charge in [0.15, 0.2) is 6.04 Å². The van der Waals surface area contributed by atoms with Crippen molar-refractivity contribution in [2.75, 3.05) is 0 Å². The van der Waals surface area contributed by atoms with E-state index in [1.165, 1.54) is 18.2 Å². The lowest BCUT2D eigenvalue weighted by atomic mass is 10.1. The van der Waals surface area contributed by atoms with Crippen molar-refractivity contribution in [3.05, 3.63) is 34.6 Å². The van der Waals surface area contributed by atoms with Crippen molar-refractivity contribution in [1.82, 2.24) is 5.32 Å². The molecule has 0 spiro atoms. The highest BCUT2D eigenvalue weighted by Crippen LogP contribution is 2.24. The Labute approximate surface area is 127 Å². The van der Waals surface area contributed by atoms with Crippen LogP contribution in [0.15, 0.2) is 18.2 Å². The van der Waals surface area contributed by atoms with Crippen LogP contribution >= 0.6 is 11.6 Å². The molecule has 0 aliphatic rings. The molecule has 5 nitrogen and oxygen atoms in total. The van der Waals surface area contributed by atoms with Gasteiger partial charge in [0.25, 0.3) is 0 Å². The van der Waals surface area contributed by atoms with Gasteiger partial charge in [0.05, 0.1) is 5.02 Å². The van der Waals surface area contributed by atoms with Crippen LogP contribution in [0.2, 0.25) is 5.02 Å². The van der Waals surface area contributed by atoms with E-state index in [1.807, 2.05) is 6.92 Å². The highest BCUT2D eigenvalue weighted by Gasteiger charge is 2.29. The van der Waals surface area contributed by atoms with E-state index in [9.17, 15) is 14.0 Å². The minimum Gasteiger partial charge on any atom is -0.479 e. The van der Waals surface area contributed by atoms with E-state index >= 15 is 0 Å². The van der Waals surface area contributed by atoms with Crippen LogP contribution in [0.3, 0.4) is 0 Å². The summed E-state index contributed by atoms with van der Waals surface area (Å²) >= 11 is 5.62. The Morgan fingerprint density at radius 2 is 2.10 bits per heavy atom. The molecule has 116 valence electrons. The summed E-state index contributed by atoms with van der Waals surface area (Å²) in [5.74, 6) is -2.30. The highest BCUT2D eigenvalue weighted by atomic mass is 35.5. The molecule has 1 amide bonds. The maximum Gasteiger partial charge on any atom is 0.408 e. The van der Waals surface area contributed by atoms with E-state index in [0.717, 1.165) is 0 Å². The minimum atomic E-state index is -1.58. The van der Waals surface area contributed by atoms with E-state index in [0.29, 0.717) is 6.42 Å². The largest absolute Gasteiger partial charge is 0.479 e. The molecule has 0 saturated carbocycles. The van der Waals surface area contributed by atoms with Crippen molar-refractivity contribution in [1.29, 1.82) is 0 Å². The van der Waals surface area contributed by atoms with Crippen LogP contribution in [-0.2, 0) is 9.53 Å². The summed E-state index contributed by atoms with van der Waals surface area (Å²) in [5.41, 5.74) is -0.985. The molecule has 0 aromatic heterocycles. The topological polar surface area (TPSA) is 75.6 Å². The number of amides is 1. The smallest absolute Gasteiger partial charge is 0.408 e. The van der Waals surface area contributed by atoms with Gasteiger partial charge in [-0.2, -0.15) is 0 Å². The van der Waals surface area contributed by atoms with E-state index in [-0.39, 0.29) is 10.6 Å². The number of carboxylic acids is 1. The van der Waals surface area contributed by atoms with Crippen LogP contribution in [-0.4, -0.2) is 22.8 Å². The number of rotatable bonds is 5. The molecule has 1 aromatic rings. The van der Waals surface area contributed by atoms with Gasteiger partial charge in [0, 0.05) is 5.56 Å². The lowest BCUT2D eigenvalue weighted by molar-refractivity contribution is -0.139. The fourth-order valence-electron chi connectivity index (χ4n) is 1.49. The zero-order valence-corrected chi connectivity index (χ0v) is 12.7. The summed E-state index contributed by atoms with van der Waals surface area (Å²) in [6, 6.07) is 2.35. The molecule has 0 fully saturated rings. The third kappa shape index (κ3) is 4.60. The zero-order chi connectivity index (χ0) is 16.2. The SMILES string of the molecule is CCC(C)(C)OC(=O)NC(C(=O)O)c1cccc(Cl)c1F. The van der Waals surface area contributed by atoms with Gasteiger partial charge in [-0.1, -0.05) is 30.7 Å². The zero-order valence-electron chi connectivity index (χ0n) is 11.9. The number of aliphatic carboxylic acids is 1. The van der Waals surface area contributed by atoms with Crippen LogP contribution in [0.4, 0.5) is 9.18 Å². The summed E-state index contributed by atoms with van der Waals surface area (Å²) in [7, 11) is 0. The molecule has 1 rings (SSSR count). The number of ether oxygens (including phenoxy) is 1. The highest BCUT2D eigenvalue weighted by molar-refractivity contribution is 6.30. The molecule has 21 heavy (non-hydrogen) atoms. The number of alkyl carbamates (subject to hydrolysis) is 1. The average Bonchev–Trinajstić information content (AvgIpc) is 2.39. The standard InChI is InChI=1S/C14H17ClFNO4/c1-4-14(2,3)21-13(20)17-11(12(18)19)8-6-5-7-9(15)10(8)16/h5-7,11H,4H2,1-3H3,(H,17,20)(H,18,19). The van der Waals surface area contributed by atoms with E-state index in [1.54, 1.807) is 13.8 Å². The van der Waals surface area contributed by atoms with Crippen molar-refractivity contribution in [2.24, 2.45) is 0 Å². The van der Waals surface area contributed by atoms with Crippen molar-refractivity contribution >= 4 is 23.7 Å². The first-order valence-electron chi connectivity index (χ1n) is 6.34. The molecule has 1 aromatic carbocycles. The number of carbonyl (C=O) groups excluding carboxylic acids is 1. The maximum absolute atomic E-state index is 13.9. The Morgan fingerprint density at radius 3 is 2.62 bits per heavy atom. The maximum atomic E-state index is 13.9. The van der Waals surface area contributed by atoms with Crippen molar-refractivity contribution < 1.29 is 23.8 Å². The van der Waals surface area contributed by atoms with Gasteiger partial charge in [-0.15, -0.1) is 0 Å². The normalized spacial score (nSPS) is 12.6. The molecule has 1 atom stereocenters. The molecule has 0 bridgehead atoms. The van der Waals surface area contributed by atoms with Crippen LogP contribution in [0, 0.1) is 5.82 Å². The van der Waals surface area contributed by atoms with Gasteiger partial charge < -0.3 is 15.2 Å². The van der Waals surface area contributed by atoms with E-state index in [4.69, 9.17) is 21.4 Å². The Kier molecular flexibility index (Phi) is 5.54. The van der Waals surface area contributed by atoms with E-state index < -0.39 is 29.5 Å². The molecule has 2 N–H and O–H groups in total. The number of carboxylic acid groups (broad SMARTS) is 1. The Hall–Kier alpha value is -1.82. The number of halogens is 2. The number of carbonyl (C=O) groups is 2. The predicted molar refractivity (Wildman–Crippen MR) is 75.8 cm³/mol. The fourth-order valence-corrected chi connectivity index (χ4v) is 1.67. The van der Waals surface area contributed by atoms with Crippen LogP contribution in [0.5, 0.6) is 0 Å². The third-order valence-electron chi connectivity index (χ3n) is 3.02. The molecule has 0 radical (unpaired) electrons. The number of benzene rings is 1. The summed E-state index contributed by atoms with van der Waals surface area (Å²) in [4.78, 5) is 23.0. The van der Waals surface area contributed by atoms with Crippen molar-refractivity contribution in [3.63, 3.8) is 0 Å². The molecular weight excluding hydrogens is 301 g/mol. The summed E-state index contributed by atoms with van der Waals surface area (Å²) in [5, 5.41) is 11.1. The lowest BCUT2D eigenvalue weighted by Crippen LogP contribution is -2.39. The third-order valence-corrected chi connectivity index (χ3v) is 3.31. The Morgan fingerprint density at radius 1 is 1.48 bits per heavy atom. The van der Waals surface area contributed by atoms with Crippen LogP contribution in [0.1, 0.15) is 38.8 Å². The number of hydrogen-bond donors (Lipinski definition) is 2. The summed E-state index contributed by atoms with van der Waals surface area (Å²) < 4.78 is 19.0. The number of nitrogens with one attached hydrogen (secondary N) is 1. The molecule has 0 aliphatic heterocycles. The van der Waals surface area contributed by atoms with Gasteiger partial charge in [-0.05, 0) is 26.3 Å². The first kappa shape index (κ1) is 17.2.